The highest BCUT2D eigenvalue weighted by Crippen LogP contribution is 2.55. The van der Waals surface area contributed by atoms with E-state index in [1.165, 1.54) is 19.2 Å². The Bertz CT molecular complexity index is 1530. The zero-order chi connectivity index (χ0) is 30.2. The summed E-state index contributed by atoms with van der Waals surface area (Å²) in [5, 5.41) is 0. The lowest BCUT2D eigenvalue weighted by atomic mass is 10.0. The number of amides is 1. The fourth-order valence-electron chi connectivity index (χ4n) is 5.63. The van der Waals surface area contributed by atoms with E-state index in [2.05, 4.69) is 4.72 Å². The molecule has 9 nitrogen and oxygen atoms in total. The second-order valence-electron chi connectivity index (χ2n) is 12.1. The molecule has 0 spiro atoms. The number of nitrogens with zero attached hydrogens (tertiary/aromatic N) is 1. The van der Waals surface area contributed by atoms with Crippen LogP contribution in [0, 0.1) is 11.7 Å². The topological polar surface area (TPSA) is 111 Å². The molecule has 2 heterocycles. The fraction of sp³-hybridized carbons (Fsp3) is 0.484. The molecule has 1 amide bonds. The Morgan fingerprint density at radius 3 is 2.74 bits per heavy atom. The number of piperidine rings is 1. The first kappa shape index (κ1) is 29.9. The SMILES string of the molecule is COC(=O)c1c(NS(=O)(=O)c2ccc(F)cc2CC/C=C2\CCCN(C(=O)OC(C)(C)C)C2)ccc2c1OC[C@@H]1C[C@H]21. The van der Waals surface area contributed by atoms with Crippen LogP contribution in [0.2, 0.25) is 0 Å². The minimum absolute atomic E-state index is 0.0316. The van der Waals surface area contributed by atoms with Crippen molar-refractivity contribution < 1.29 is 36.6 Å². The van der Waals surface area contributed by atoms with Gasteiger partial charge in [0.25, 0.3) is 10.0 Å². The van der Waals surface area contributed by atoms with E-state index >= 15 is 0 Å². The molecule has 1 saturated heterocycles. The predicted octanol–water partition coefficient (Wildman–Crippen LogP) is 5.80. The van der Waals surface area contributed by atoms with E-state index in [4.69, 9.17) is 14.2 Å². The molecule has 2 atom stereocenters. The Labute approximate surface area is 246 Å². The molecule has 0 unspecified atom stereocenters. The number of esters is 1. The third-order valence-corrected chi connectivity index (χ3v) is 9.18. The van der Waals surface area contributed by atoms with Crippen LogP contribution in [-0.2, 0) is 25.9 Å². The molecule has 0 bridgehead atoms. The summed E-state index contributed by atoms with van der Waals surface area (Å²) in [5.41, 5.74) is 1.70. The number of rotatable bonds is 7. The quantitative estimate of drug-likeness (QED) is 0.316. The summed E-state index contributed by atoms with van der Waals surface area (Å²) < 4.78 is 60.4. The first-order valence-electron chi connectivity index (χ1n) is 14.2. The molecule has 0 radical (unpaired) electrons. The number of anilines is 1. The first-order valence-corrected chi connectivity index (χ1v) is 15.7. The van der Waals surface area contributed by atoms with E-state index in [0.29, 0.717) is 49.3 Å². The monoisotopic (exact) mass is 600 g/mol. The Morgan fingerprint density at radius 1 is 1.21 bits per heavy atom. The summed E-state index contributed by atoms with van der Waals surface area (Å²) >= 11 is 0. The zero-order valence-corrected chi connectivity index (χ0v) is 25.2. The van der Waals surface area contributed by atoms with Crippen LogP contribution in [0.15, 0.2) is 46.9 Å². The molecular weight excluding hydrogens is 563 g/mol. The van der Waals surface area contributed by atoms with Gasteiger partial charge in [0.05, 0.1) is 24.3 Å². The third-order valence-electron chi connectivity index (χ3n) is 7.72. The van der Waals surface area contributed by atoms with Crippen molar-refractivity contribution in [3.05, 3.63) is 64.5 Å². The van der Waals surface area contributed by atoms with Gasteiger partial charge in [0.2, 0.25) is 0 Å². The van der Waals surface area contributed by atoms with Gasteiger partial charge in [0.1, 0.15) is 22.7 Å². The number of hydrogen-bond donors (Lipinski definition) is 1. The molecule has 5 rings (SSSR count). The van der Waals surface area contributed by atoms with Gasteiger partial charge in [0, 0.05) is 19.0 Å². The van der Waals surface area contributed by atoms with E-state index in [-0.39, 0.29) is 28.7 Å². The second kappa shape index (κ2) is 11.6. The van der Waals surface area contributed by atoms with E-state index in [0.717, 1.165) is 36.5 Å². The van der Waals surface area contributed by atoms with Crippen molar-refractivity contribution in [3.8, 4) is 5.75 Å². The van der Waals surface area contributed by atoms with Gasteiger partial charge in [-0.25, -0.2) is 22.4 Å². The van der Waals surface area contributed by atoms with E-state index < -0.39 is 27.4 Å². The maximum Gasteiger partial charge on any atom is 0.410 e. The van der Waals surface area contributed by atoms with Gasteiger partial charge in [0.15, 0.2) is 0 Å². The van der Waals surface area contributed by atoms with Gasteiger partial charge in [-0.1, -0.05) is 17.7 Å². The highest BCUT2D eigenvalue weighted by Gasteiger charge is 2.45. The minimum Gasteiger partial charge on any atom is -0.492 e. The number of fused-ring (bicyclic) bond motifs is 3. The van der Waals surface area contributed by atoms with Gasteiger partial charge in [-0.05, 0) is 94.2 Å². The second-order valence-corrected chi connectivity index (χ2v) is 13.7. The molecule has 3 aliphatic rings. The number of aryl methyl sites for hydroxylation is 1. The van der Waals surface area contributed by atoms with Crippen molar-refractivity contribution in [2.75, 3.05) is 31.5 Å². The summed E-state index contributed by atoms with van der Waals surface area (Å²) in [4.78, 5) is 26.8. The number of halogens is 1. The van der Waals surface area contributed by atoms with Crippen LogP contribution < -0.4 is 9.46 Å². The number of carbonyl (C=O) groups is 2. The summed E-state index contributed by atoms with van der Waals surface area (Å²) in [5.74, 6) is -0.207. The lowest BCUT2D eigenvalue weighted by Gasteiger charge is -2.31. The molecule has 2 aliphatic heterocycles. The van der Waals surface area contributed by atoms with Crippen molar-refractivity contribution in [2.45, 2.75) is 69.3 Å². The molecule has 11 heteroatoms. The number of carbonyl (C=O) groups excluding carboxylic acids is 2. The van der Waals surface area contributed by atoms with Crippen molar-refractivity contribution in [3.63, 3.8) is 0 Å². The smallest absolute Gasteiger partial charge is 0.410 e. The molecule has 2 fully saturated rings. The Kier molecular flexibility index (Phi) is 8.24. The van der Waals surface area contributed by atoms with Crippen LogP contribution in [0.5, 0.6) is 5.75 Å². The summed E-state index contributed by atoms with van der Waals surface area (Å²) in [6.07, 6.45) is 4.89. The third kappa shape index (κ3) is 6.56. The number of nitrogens with one attached hydrogen (secondary N) is 1. The highest BCUT2D eigenvalue weighted by molar-refractivity contribution is 7.92. The van der Waals surface area contributed by atoms with Gasteiger partial charge >= 0.3 is 12.1 Å². The standard InChI is InChI=1S/C31H37FN2O7S/c1-31(2,3)41-30(36)34-14-6-8-19(17-34)7-5-9-20-15-22(32)10-13-26(20)42(37,38)33-25-12-11-23-24-16-21(24)18-40-28(23)27(25)29(35)39-4/h7,10-13,15,21,24,33H,5-6,8-9,14,16-18H2,1-4H3/b19-7+/t21-,24-/m0/s1. The molecule has 2 aromatic rings. The molecule has 226 valence electrons. The fourth-order valence-corrected chi connectivity index (χ4v) is 6.95. The summed E-state index contributed by atoms with van der Waals surface area (Å²) in [6.45, 7) is 6.97. The molecule has 2 aromatic carbocycles. The molecular formula is C31H37FN2O7S. The molecule has 0 aromatic heterocycles. The number of methoxy groups -OCH3 is 1. The summed E-state index contributed by atoms with van der Waals surface area (Å²) in [6, 6.07) is 6.88. The number of benzene rings is 2. The van der Waals surface area contributed by atoms with Gasteiger partial charge < -0.3 is 19.1 Å². The van der Waals surface area contributed by atoms with Crippen molar-refractivity contribution in [2.24, 2.45) is 5.92 Å². The van der Waals surface area contributed by atoms with Gasteiger partial charge in [-0.2, -0.15) is 0 Å². The lowest BCUT2D eigenvalue weighted by Crippen LogP contribution is -2.40. The van der Waals surface area contributed by atoms with Gasteiger partial charge in [-0.3, -0.25) is 4.72 Å². The minimum atomic E-state index is -4.22. The number of likely N-dealkylation sites (tertiary alicyclic amines) is 1. The van der Waals surface area contributed by atoms with Crippen LogP contribution in [-0.4, -0.2) is 57.8 Å². The maximum atomic E-state index is 14.3. The Balaban J connectivity index is 1.34. The lowest BCUT2D eigenvalue weighted by molar-refractivity contribution is 0.0246. The average molecular weight is 601 g/mol. The summed E-state index contributed by atoms with van der Waals surface area (Å²) in [7, 11) is -2.99. The Morgan fingerprint density at radius 2 is 2.00 bits per heavy atom. The average Bonchev–Trinajstić information content (AvgIpc) is 3.72. The molecule has 1 N–H and O–H groups in total. The van der Waals surface area contributed by atoms with Gasteiger partial charge in [-0.15, -0.1) is 0 Å². The Hall–Kier alpha value is -3.60. The van der Waals surface area contributed by atoms with Crippen LogP contribution in [0.4, 0.5) is 14.9 Å². The maximum absolute atomic E-state index is 14.3. The number of allylic oxidation sites excluding steroid dienone is 1. The number of sulfonamides is 1. The van der Waals surface area contributed by atoms with Crippen LogP contribution in [0.1, 0.15) is 73.9 Å². The van der Waals surface area contributed by atoms with Crippen molar-refractivity contribution >= 4 is 27.8 Å². The molecule has 42 heavy (non-hydrogen) atoms. The molecule has 1 aliphatic carbocycles. The van der Waals surface area contributed by atoms with Crippen LogP contribution >= 0.6 is 0 Å². The highest BCUT2D eigenvalue weighted by atomic mass is 32.2. The van der Waals surface area contributed by atoms with Crippen molar-refractivity contribution in [1.29, 1.82) is 0 Å². The van der Waals surface area contributed by atoms with Crippen LogP contribution in [0.25, 0.3) is 0 Å². The van der Waals surface area contributed by atoms with E-state index in [1.54, 1.807) is 17.0 Å². The number of hydrogen-bond acceptors (Lipinski definition) is 7. The largest absolute Gasteiger partial charge is 0.492 e. The van der Waals surface area contributed by atoms with E-state index in [9.17, 15) is 22.4 Å². The first-order chi connectivity index (χ1) is 19.9. The normalized spacial score (nSPS) is 20.7. The van der Waals surface area contributed by atoms with Crippen molar-refractivity contribution in [1.82, 2.24) is 4.90 Å². The predicted molar refractivity (Wildman–Crippen MR) is 155 cm³/mol. The molecule has 1 saturated carbocycles. The number of ether oxygens (including phenoxy) is 3. The zero-order valence-electron chi connectivity index (χ0n) is 24.4. The van der Waals surface area contributed by atoms with E-state index in [1.807, 2.05) is 26.8 Å². The van der Waals surface area contributed by atoms with Crippen LogP contribution in [0.3, 0.4) is 0 Å².